The number of amides is 1. The van der Waals surface area contributed by atoms with E-state index in [2.05, 4.69) is 42.3 Å². The number of nitrogens with one attached hydrogen (secondary N) is 1. The van der Waals surface area contributed by atoms with Crippen LogP contribution in [0.3, 0.4) is 0 Å². The summed E-state index contributed by atoms with van der Waals surface area (Å²) >= 11 is 0. The topological polar surface area (TPSA) is 32.3 Å². The van der Waals surface area contributed by atoms with Gasteiger partial charge in [-0.1, -0.05) is 31.5 Å². The Balaban J connectivity index is 1.96. The van der Waals surface area contributed by atoms with E-state index in [-0.39, 0.29) is 5.54 Å². The molecule has 1 aromatic rings. The lowest BCUT2D eigenvalue weighted by Crippen LogP contribution is -2.58. The van der Waals surface area contributed by atoms with E-state index in [4.69, 9.17) is 0 Å². The van der Waals surface area contributed by atoms with Gasteiger partial charge in [0.1, 0.15) is 0 Å². The van der Waals surface area contributed by atoms with Crippen molar-refractivity contribution >= 4 is 11.6 Å². The smallest absolute Gasteiger partial charge is 0.247 e. The van der Waals surface area contributed by atoms with E-state index in [0.717, 1.165) is 50.8 Å². The predicted molar refractivity (Wildman–Crippen MR) is 86.6 cm³/mol. The van der Waals surface area contributed by atoms with Crippen molar-refractivity contribution in [1.29, 1.82) is 0 Å². The van der Waals surface area contributed by atoms with E-state index in [1.165, 1.54) is 5.56 Å². The van der Waals surface area contributed by atoms with E-state index in [1.54, 1.807) is 0 Å². The number of rotatable bonds is 3. The fraction of sp³-hybridized carbons (Fsp3) is 0.611. The molecule has 1 aromatic carbocycles. The Morgan fingerprint density at radius 1 is 1.43 bits per heavy atom. The maximum atomic E-state index is 13.3. The molecule has 0 saturated carbocycles. The first-order valence-electron chi connectivity index (χ1n) is 8.34. The van der Waals surface area contributed by atoms with E-state index in [9.17, 15) is 4.79 Å². The number of hydrogen-bond donors (Lipinski definition) is 1. The van der Waals surface area contributed by atoms with Crippen LogP contribution in [0, 0.1) is 0 Å². The second-order valence-electron chi connectivity index (χ2n) is 6.55. The first-order chi connectivity index (χ1) is 10.2. The molecule has 2 aliphatic heterocycles. The number of fused-ring (bicyclic) bond motifs is 1. The van der Waals surface area contributed by atoms with Crippen LogP contribution in [0.1, 0.15) is 51.5 Å². The van der Waals surface area contributed by atoms with Crippen LogP contribution in [0.2, 0.25) is 0 Å². The van der Waals surface area contributed by atoms with Crippen molar-refractivity contribution in [2.24, 2.45) is 0 Å². The van der Waals surface area contributed by atoms with Gasteiger partial charge >= 0.3 is 0 Å². The lowest BCUT2D eigenvalue weighted by Gasteiger charge is -2.41. The number of aryl methyl sites for hydroxylation is 1. The SMILES string of the molecule is CCCC1(C(=O)N2c3ccccc3CCC2C)CCCN1. The van der Waals surface area contributed by atoms with Crippen molar-refractivity contribution in [3.63, 3.8) is 0 Å². The quantitative estimate of drug-likeness (QED) is 0.925. The Bertz CT molecular complexity index is 520. The molecule has 0 aliphatic carbocycles. The molecule has 3 nitrogen and oxygen atoms in total. The van der Waals surface area contributed by atoms with E-state index < -0.39 is 0 Å². The van der Waals surface area contributed by atoms with Gasteiger partial charge < -0.3 is 10.2 Å². The third kappa shape index (κ3) is 2.48. The van der Waals surface area contributed by atoms with Crippen molar-refractivity contribution in [3.8, 4) is 0 Å². The minimum absolute atomic E-state index is 0.293. The van der Waals surface area contributed by atoms with Crippen molar-refractivity contribution in [3.05, 3.63) is 29.8 Å². The van der Waals surface area contributed by atoms with Crippen LogP contribution in [0.15, 0.2) is 24.3 Å². The Morgan fingerprint density at radius 2 is 2.24 bits per heavy atom. The fourth-order valence-electron chi connectivity index (χ4n) is 3.96. The zero-order valence-corrected chi connectivity index (χ0v) is 13.2. The second kappa shape index (κ2) is 5.80. The summed E-state index contributed by atoms with van der Waals surface area (Å²) in [6, 6.07) is 8.69. The third-order valence-corrected chi connectivity index (χ3v) is 5.07. The summed E-state index contributed by atoms with van der Waals surface area (Å²) in [6.07, 6.45) is 6.21. The lowest BCUT2D eigenvalue weighted by atomic mass is 9.87. The number of nitrogens with zero attached hydrogens (tertiary/aromatic N) is 1. The highest BCUT2D eigenvalue weighted by Gasteiger charge is 2.45. The normalized spacial score (nSPS) is 28.5. The highest BCUT2D eigenvalue weighted by Crippen LogP contribution is 2.35. The Labute approximate surface area is 127 Å². The van der Waals surface area contributed by atoms with Gasteiger partial charge in [-0.25, -0.2) is 0 Å². The highest BCUT2D eigenvalue weighted by molar-refractivity contribution is 6.01. The summed E-state index contributed by atoms with van der Waals surface area (Å²) in [5.41, 5.74) is 2.12. The fourth-order valence-corrected chi connectivity index (χ4v) is 3.96. The van der Waals surface area contributed by atoms with Crippen molar-refractivity contribution < 1.29 is 4.79 Å². The molecule has 1 fully saturated rings. The zero-order valence-electron chi connectivity index (χ0n) is 13.2. The first-order valence-corrected chi connectivity index (χ1v) is 8.34. The van der Waals surface area contributed by atoms with Crippen LogP contribution in [0.4, 0.5) is 5.69 Å². The third-order valence-electron chi connectivity index (χ3n) is 5.07. The number of carbonyl (C=O) groups excluding carboxylic acids is 1. The summed E-state index contributed by atoms with van der Waals surface area (Å²) in [6.45, 7) is 5.32. The van der Waals surface area contributed by atoms with Gasteiger partial charge in [0.25, 0.3) is 0 Å². The van der Waals surface area contributed by atoms with Crippen molar-refractivity contribution in [2.45, 2.75) is 64.0 Å². The maximum Gasteiger partial charge on any atom is 0.247 e. The molecule has 2 heterocycles. The van der Waals surface area contributed by atoms with Gasteiger partial charge in [-0.3, -0.25) is 4.79 Å². The van der Waals surface area contributed by atoms with Crippen LogP contribution in [0.5, 0.6) is 0 Å². The van der Waals surface area contributed by atoms with Crippen LogP contribution < -0.4 is 10.2 Å². The molecule has 0 radical (unpaired) electrons. The number of benzene rings is 1. The summed E-state index contributed by atoms with van der Waals surface area (Å²) in [7, 11) is 0. The maximum absolute atomic E-state index is 13.3. The van der Waals surface area contributed by atoms with Crippen LogP contribution in [-0.2, 0) is 11.2 Å². The standard InChI is InChI=1S/C18H26N2O/c1-3-11-18(12-6-13-19-18)17(21)20-14(2)9-10-15-7-4-5-8-16(15)20/h4-5,7-8,14,19H,3,6,9-13H2,1-2H3. The molecule has 1 saturated heterocycles. The van der Waals surface area contributed by atoms with Gasteiger partial charge in [-0.05, 0) is 57.2 Å². The summed E-state index contributed by atoms with van der Waals surface area (Å²) < 4.78 is 0. The average Bonchev–Trinajstić information content (AvgIpc) is 2.97. The molecule has 0 spiro atoms. The summed E-state index contributed by atoms with van der Waals surface area (Å²) in [5.74, 6) is 0.293. The Morgan fingerprint density at radius 3 is 2.95 bits per heavy atom. The monoisotopic (exact) mass is 286 g/mol. The van der Waals surface area contributed by atoms with Crippen LogP contribution >= 0.6 is 0 Å². The summed E-state index contributed by atoms with van der Waals surface area (Å²) in [5, 5.41) is 3.53. The molecule has 1 amide bonds. The zero-order chi connectivity index (χ0) is 14.9. The molecule has 2 aliphatic rings. The van der Waals surface area contributed by atoms with Crippen LogP contribution in [-0.4, -0.2) is 24.0 Å². The second-order valence-corrected chi connectivity index (χ2v) is 6.55. The lowest BCUT2D eigenvalue weighted by molar-refractivity contribution is -0.125. The molecule has 2 atom stereocenters. The van der Waals surface area contributed by atoms with E-state index in [0.29, 0.717) is 11.9 Å². The summed E-state index contributed by atoms with van der Waals surface area (Å²) in [4.78, 5) is 15.4. The number of hydrogen-bond acceptors (Lipinski definition) is 2. The van der Waals surface area contributed by atoms with Crippen molar-refractivity contribution in [2.75, 3.05) is 11.4 Å². The number of carbonyl (C=O) groups is 1. The number of anilines is 1. The molecule has 1 N–H and O–H groups in total. The van der Waals surface area contributed by atoms with Gasteiger partial charge in [0.05, 0.1) is 5.54 Å². The van der Waals surface area contributed by atoms with Gasteiger partial charge in [0.2, 0.25) is 5.91 Å². The Kier molecular flexibility index (Phi) is 4.03. The molecule has 3 heteroatoms. The molecule has 0 aromatic heterocycles. The van der Waals surface area contributed by atoms with Gasteiger partial charge in [0.15, 0.2) is 0 Å². The van der Waals surface area contributed by atoms with Gasteiger partial charge in [-0.2, -0.15) is 0 Å². The molecule has 0 bridgehead atoms. The predicted octanol–water partition coefficient (Wildman–Crippen LogP) is 3.28. The number of para-hydroxylation sites is 1. The van der Waals surface area contributed by atoms with E-state index in [1.807, 2.05) is 6.07 Å². The van der Waals surface area contributed by atoms with Crippen molar-refractivity contribution in [1.82, 2.24) is 5.32 Å². The minimum Gasteiger partial charge on any atom is -0.308 e. The van der Waals surface area contributed by atoms with Crippen LogP contribution in [0.25, 0.3) is 0 Å². The van der Waals surface area contributed by atoms with E-state index >= 15 is 0 Å². The largest absolute Gasteiger partial charge is 0.308 e. The Hall–Kier alpha value is -1.35. The molecule has 114 valence electrons. The first kappa shape index (κ1) is 14.6. The molecule has 21 heavy (non-hydrogen) atoms. The van der Waals surface area contributed by atoms with Gasteiger partial charge in [-0.15, -0.1) is 0 Å². The minimum atomic E-state index is -0.326. The molecular weight excluding hydrogens is 260 g/mol. The molecule has 2 unspecified atom stereocenters. The van der Waals surface area contributed by atoms with Gasteiger partial charge in [0, 0.05) is 11.7 Å². The highest BCUT2D eigenvalue weighted by atomic mass is 16.2. The average molecular weight is 286 g/mol. The molecular formula is C18H26N2O. The molecule has 3 rings (SSSR count).